The van der Waals surface area contributed by atoms with Gasteiger partial charge in [-0.2, -0.15) is 5.26 Å². The lowest BCUT2D eigenvalue weighted by Gasteiger charge is -2.09. The van der Waals surface area contributed by atoms with E-state index in [-0.39, 0.29) is 5.57 Å². The van der Waals surface area contributed by atoms with Crippen LogP contribution in [-0.2, 0) is 11.3 Å². The lowest BCUT2D eigenvalue weighted by Crippen LogP contribution is -2.17. The summed E-state index contributed by atoms with van der Waals surface area (Å²) in [6.45, 7) is 2.29. The molecule has 0 aliphatic heterocycles. The van der Waals surface area contributed by atoms with Gasteiger partial charge in [-0.05, 0) is 42.3 Å². The van der Waals surface area contributed by atoms with E-state index in [1.54, 1.807) is 32.2 Å². The standard InChI is InChI=1S/C19H18ClN3O2/c1-13-17(20)4-3-5-18(13)23-19(24)15(10-21)12-22-11-14-6-8-16(25-2)9-7-14/h3-9,12,22H,11H2,1-2H3,(H,23,24)/b15-12-. The van der Waals surface area contributed by atoms with Gasteiger partial charge in [0.2, 0.25) is 0 Å². The van der Waals surface area contributed by atoms with Crippen molar-refractivity contribution in [3.63, 3.8) is 0 Å². The molecule has 0 heterocycles. The van der Waals surface area contributed by atoms with Gasteiger partial charge in [0.25, 0.3) is 5.91 Å². The fourth-order valence-corrected chi connectivity index (χ4v) is 2.27. The van der Waals surface area contributed by atoms with Gasteiger partial charge in [-0.25, -0.2) is 0 Å². The van der Waals surface area contributed by atoms with Crippen LogP contribution in [0.5, 0.6) is 5.75 Å². The lowest BCUT2D eigenvalue weighted by molar-refractivity contribution is -0.112. The molecule has 0 fully saturated rings. The summed E-state index contributed by atoms with van der Waals surface area (Å²) in [6, 6.07) is 14.6. The Bertz CT molecular complexity index is 824. The van der Waals surface area contributed by atoms with Crippen LogP contribution in [-0.4, -0.2) is 13.0 Å². The molecule has 0 saturated heterocycles. The third-order valence-corrected chi connectivity index (χ3v) is 4.00. The molecule has 0 saturated carbocycles. The van der Waals surface area contributed by atoms with Crippen molar-refractivity contribution in [2.24, 2.45) is 0 Å². The fraction of sp³-hybridized carbons (Fsp3) is 0.158. The first-order chi connectivity index (χ1) is 12.0. The predicted molar refractivity (Wildman–Crippen MR) is 98.3 cm³/mol. The Morgan fingerprint density at radius 2 is 2.00 bits per heavy atom. The van der Waals surface area contributed by atoms with Gasteiger partial charge in [-0.15, -0.1) is 0 Å². The molecule has 6 heteroatoms. The molecule has 0 bridgehead atoms. The van der Waals surface area contributed by atoms with Gasteiger partial charge in [0.05, 0.1) is 7.11 Å². The van der Waals surface area contributed by atoms with E-state index in [1.807, 2.05) is 30.3 Å². The van der Waals surface area contributed by atoms with Crippen molar-refractivity contribution in [2.45, 2.75) is 13.5 Å². The SMILES string of the molecule is COc1ccc(CN/C=C(/C#N)C(=O)Nc2cccc(Cl)c2C)cc1. The minimum Gasteiger partial charge on any atom is -0.497 e. The van der Waals surface area contributed by atoms with Crippen LogP contribution in [0, 0.1) is 18.3 Å². The number of hydrogen-bond donors (Lipinski definition) is 2. The molecular weight excluding hydrogens is 338 g/mol. The van der Waals surface area contributed by atoms with Gasteiger partial charge < -0.3 is 15.4 Å². The fourth-order valence-electron chi connectivity index (χ4n) is 2.10. The maximum absolute atomic E-state index is 12.2. The first-order valence-corrected chi connectivity index (χ1v) is 7.96. The topological polar surface area (TPSA) is 74.1 Å². The quantitative estimate of drug-likeness (QED) is 0.610. The monoisotopic (exact) mass is 355 g/mol. The summed E-state index contributed by atoms with van der Waals surface area (Å²) in [5, 5.41) is 15.4. The third-order valence-electron chi connectivity index (χ3n) is 3.59. The Hall–Kier alpha value is -2.97. The number of nitrogens with one attached hydrogen (secondary N) is 2. The first kappa shape index (κ1) is 18.4. The van der Waals surface area contributed by atoms with Gasteiger partial charge in [-0.1, -0.05) is 29.8 Å². The van der Waals surface area contributed by atoms with Crippen LogP contribution in [0.3, 0.4) is 0 Å². The number of carbonyl (C=O) groups excluding carboxylic acids is 1. The molecule has 0 aliphatic carbocycles. The molecule has 0 atom stereocenters. The second-order valence-electron chi connectivity index (χ2n) is 5.27. The zero-order valence-electron chi connectivity index (χ0n) is 14.0. The highest BCUT2D eigenvalue weighted by atomic mass is 35.5. The highest BCUT2D eigenvalue weighted by Gasteiger charge is 2.11. The molecule has 2 aromatic rings. The number of halogens is 1. The van der Waals surface area contributed by atoms with Crippen LogP contribution in [0.4, 0.5) is 5.69 Å². The number of benzene rings is 2. The molecule has 2 N–H and O–H groups in total. The molecule has 0 radical (unpaired) electrons. The highest BCUT2D eigenvalue weighted by Crippen LogP contribution is 2.23. The summed E-state index contributed by atoms with van der Waals surface area (Å²) >= 11 is 6.03. The van der Waals surface area contributed by atoms with Crippen molar-refractivity contribution >= 4 is 23.2 Å². The number of anilines is 1. The van der Waals surface area contributed by atoms with Crippen LogP contribution < -0.4 is 15.4 Å². The average Bonchev–Trinajstić information content (AvgIpc) is 2.63. The van der Waals surface area contributed by atoms with E-state index in [0.717, 1.165) is 16.9 Å². The van der Waals surface area contributed by atoms with Gasteiger partial charge >= 0.3 is 0 Å². The van der Waals surface area contributed by atoms with E-state index in [1.165, 1.54) is 6.20 Å². The molecule has 0 aliphatic rings. The lowest BCUT2D eigenvalue weighted by atomic mass is 10.2. The number of rotatable bonds is 6. The molecule has 25 heavy (non-hydrogen) atoms. The van der Waals surface area contributed by atoms with Crippen LogP contribution in [0.25, 0.3) is 0 Å². The molecule has 2 rings (SSSR count). The zero-order valence-corrected chi connectivity index (χ0v) is 14.7. The minimum atomic E-state index is -0.491. The van der Waals surface area contributed by atoms with Crippen molar-refractivity contribution in [1.29, 1.82) is 5.26 Å². The zero-order chi connectivity index (χ0) is 18.2. The van der Waals surface area contributed by atoms with Crippen molar-refractivity contribution < 1.29 is 9.53 Å². The van der Waals surface area contributed by atoms with Crippen LogP contribution >= 0.6 is 11.6 Å². The highest BCUT2D eigenvalue weighted by molar-refractivity contribution is 6.31. The molecular formula is C19H18ClN3O2. The minimum absolute atomic E-state index is 0.0205. The first-order valence-electron chi connectivity index (χ1n) is 7.58. The Morgan fingerprint density at radius 3 is 2.64 bits per heavy atom. The van der Waals surface area contributed by atoms with Gasteiger partial charge in [0.1, 0.15) is 17.4 Å². The number of carbonyl (C=O) groups is 1. The Balaban J connectivity index is 2.00. The van der Waals surface area contributed by atoms with Crippen molar-refractivity contribution in [2.75, 3.05) is 12.4 Å². The van der Waals surface area contributed by atoms with Crippen LogP contribution in [0.15, 0.2) is 54.2 Å². The largest absolute Gasteiger partial charge is 0.497 e. The predicted octanol–water partition coefficient (Wildman–Crippen LogP) is 3.79. The Kier molecular flexibility index (Phi) is 6.44. The van der Waals surface area contributed by atoms with Crippen LogP contribution in [0.1, 0.15) is 11.1 Å². The Labute approximate surface area is 151 Å². The van der Waals surface area contributed by atoms with E-state index in [2.05, 4.69) is 10.6 Å². The molecule has 2 aromatic carbocycles. The molecule has 0 spiro atoms. The summed E-state index contributed by atoms with van der Waals surface area (Å²) in [5.74, 6) is 0.281. The number of ether oxygens (including phenoxy) is 1. The molecule has 5 nitrogen and oxygen atoms in total. The number of methoxy groups -OCH3 is 1. The second kappa shape index (κ2) is 8.76. The van der Waals surface area contributed by atoms with E-state index in [9.17, 15) is 10.1 Å². The summed E-state index contributed by atoms with van der Waals surface area (Å²) in [7, 11) is 1.61. The number of amides is 1. The third kappa shape index (κ3) is 5.00. The van der Waals surface area contributed by atoms with Gasteiger partial charge in [0.15, 0.2) is 0 Å². The summed E-state index contributed by atoms with van der Waals surface area (Å²) < 4.78 is 5.10. The second-order valence-corrected chi connectivity index (χ2v) is 5.67. The van der Waals surface area contributed by atoms with E-state index >= 15 is 0 Å². The summed E-state index contributed by atoms with van der Waals surface area (Å²) in [5.41, 5.74) is 2.31. The van der Waals surface area contributed by atoms with Gasteiger partial charge in [0, 0.05) is 23.5 Å². The molecule has 0 unspecified atom stereocenters. The molecule has 128 valence electrons. The van der Waals surface area contributed by atoms with E-state index in [4.69, 9.17) is 16.3 Å². The maximum atomic E-state index is 12.2. The molecule has 0 aromatic heterocycles. The van der Waals surface area contributed by atoms with Crippen molar-refractivity contribution in [3.05, 3.63) is 70.4 Å². The number of nitrogens with zero attached hydrogens (tertiary/aromatic N) is 1. The van der Waals surface area contributed by atoms with Crippen molar-refractivity contribution in [3.8, 4) is 11.8 Å². The van der Waals surface area contributed by atoms with E-state index < -0.39 is 5.91 Å². The van der Waals surface area contributed by atoms with Crippen molar-refractivity contribution in [1.82, 2.24) is 5.32 Å². The molecule has 1 amide bonds. The summed E-state index contributed by atoms with van der Waals surface area (Å²) in [6.07, 6.45) is 1.40. The Morgan fingerprint density at radius 1 is 1.28 bits per heavy atom. The number of nitriles is 1. The number of hydrogen-bond acceptors (Lipinski definition) is 4. The normalized spacial score (nSPS) is 10.7. The summed E-state index contributed by atoms with van der Waals surface area (Å²) in [4.78, 5) is 12.2. The van der Waals surface area contributed by atoms with Gasteiger partial charge in [-0.3, -0.25) is 4.79 Å². The van der Waals surface area contributed by atoms with Crippen LogP contribution in [0.2, 0.25) is 5.02 Å². The average molecular weight is 356 g/mol. The maximum Gasteiger partial charge on any atom is 0.267 e. The smallest absolute Gasteiger partial charge is 0.267 e. The van der Waals surface area contributed by atoms with E-state index in [0.29, 0.717) is 17.3 Å².